The molecule has 5 rings (SSSR count). The first-order valence-electron chi connectivity index (χ1n) is 9.69. The van der Waals surface area contributed by atoms with Gasteiger partial charge in [-0.1, -0.05) is 13.0 Å². The Balaban J connectivity index is 1.57. The lowest BCUT2D eigenvalue weighted by Gasteiger charge is -2.50. The molecule has 1 atom stereocenters. The number of aliphatic hydroxyl groups excluding tert-OH is 1. The quantitative estimate of drug-likeness (QED) is 0.856. The fourth-order valence-electron chi connectivity index (χ4n) is 5.26. The molecule has 3 saturated carbocycles. The second-order valence-corrected chi connectivity index (χ2v) is 8.30. The first-order chi connectivity index (χ1) is 12.5. The van der Waals surface area contributed by atoms with E-state index >= 15 is 0 Å². The minimum atomic E-state index is -0.394. The van der Waals surface area contributed by atoms with E-state index in [1.165, 1.54) is 38.2 Å². The molecule has 4 nitrogen and oxygen atoms in total. The number of nitrogens with one attached hydrogen (secondary N) is 1. The molecule has 3 aliphatic carbocycles. The number of carbonyl (C=O) groups excluding carboxylic acids is 1. The van der Waals surface area contributed by atoms with Crippen LogP contribution in [-0.2, 0) is 6.54 Å². The van der Waals surface area contributed by atoms with E-state index in [1.807, 2.05) is 0 Å². The predicted octanol–water partition coefficient (Wildman–Crippen LogP) is 3.72. The maximum Gasteiger partial charge on any atom is 0.253 e. The summed E-state index contributed by atoms with van der Waals surface area (Å²) in [5.41, 5.74) is 1.22. The Morgan fingerprint density at radius 2 is 2.15 bits per heavy atom. The van der Waals surface area contributed by atoms with Gasteiger partial charge in [0.2, 0.25) is 0 Å². The molecule has 26 heavy (non-hydrogen) atoms. The maximum absolute atomic E-state index is 14.4. The van der Waals surface area contributed by atoms with Gasteiger partial charge in [0.25, 0.3) is 5.91 Å². The van der Waals surface area contributed by atoms with Crippen molar-refractivity contribution in [1.82, 2.24) is 9.88 Å². The highest BCUT2D eigenvalue weighted by Crippen LogP contribution is 2.52. The van der Waals surface area contributed by atoms with Crippen LogP contribution in [-0.4, -0.2) is 28.7 Å². The molecule has 5 heteroatoms. The number of carbonyl (C=O) groups is 1. The lowest BCUT2D eigenvalue weighted by atomic mass is 9.57. The van der Waals surface area contributed by atoms with Crippen molar-refractivity contribution in [3.63, 3.8) is 0 Å². The van der Waals surface area contributed by atoms with E-state index in [0.717, 1.165) is 11.8 Å². The van der Waals surface area contributed by atoms with E-state index in [-0.39, 0.29) is 17.9 Å². The van der Waals surface area contributed by atoms with Crippen molar-refractivity contribution in [2.45, 2.75) is 45.6 Å². The van der Waals surface area contributed by atoms with Gasteiger partial charge in [-0.15, -0.1) is 0 Å². The molecular formula is C21H27FN2O2. The molecular weight excluding hydrogens is 331 g/mol. The summed E-state index contributed by atoms with van der Waals surface area (Å²) in [6.07, 6.45) is 7.74. The molecule has 1 amide bonds. The number of halogens is 1. The van der Waals surface area contributed by atoms with E-state index in [0.29, 0.717) is 29.6 Å². The van der Waals surface area contributed by atoms with Gasteiger partial charge in [-0.05, 0) is 61.5 Å². The SMILES string of the molecule is C[C@@H]1CC2(CNC(=O)c3cn(CCO)c4cccc(F)c34)CCC1CC2. The largest absolute Gasteiger partial charge is 0.395 e. The average Bonchev–Trinajstić information content (AvgIpc) is 3.01. The topological polar surface area (TPSA) is 54.3 Å². The first kappa shape index (κ1) is 17.5. The Hall–Kier alpha value is -1.88. The summed E-state index contributed by atoms with van der Waals surface area (Å²) in [7, 11) is 0. The molecule has 0 radical (unpaired) electrons. The van der Waals surface area contributed by atoms with Gasteiger partial charge in [0.05, 0.1) is 17.7 Å². The summed E-state index contributed by atoms with van der Waals surface area (Å²) in [4.78, 5) is 12.9. The summed E-state index contributed by atoms with van der Waals surface area (Å²) < 4.78 is 16.1. The van der Waals surface area contributed by atoms with E-state index in [4.69, 9.17) is 0 Å². The van der Waals surface area contributed by atoms with Crippen molar-refractivity contribution in [3.8, 4) is 0 Å². The number of nitrogens with zero attached hydrogens (tertiary/aromatic N) is 1. The van der Waals surface area contributed by atoms with Crippen molar-refractivity contribution < 1.29 is 14.3 Å². The number of benzene rings is 1. The molecule has 3 fully saturated rings. The van der Waals surface area contributed by atoms with Gasteiger partial charge in [-0.2, -0.15) is 0 Å². The Kier molecular flexibility index (Phi) is 4.51. The molecule has 1 aromatic carbocycles. The molecule has 1 heterocycles. The van der Waals surface area contributed by atoms with E-state index < -0.39 is 5.82 Å². The van der Waals surface area contributed by atoms with Crippen LogP contribution in [0.2, 0.25) is 0 Å². The number of aliphatic hydroxyl groups is 1. The van der Waals surface area contributed by atoms with E-state index in [9.17, 15) is 14.3 Å². The standard InChI is InChI=1S/C21H27FN2O2/c1-14-11-21(7-5-15(14)6-8-21)13-23-20(26)16-12-24(9-10-25)18-4-2-3-17(22)19(16)18/h2-4,12,14-15,25H,5-11,13H2,1H3,(H,23,26)/t14-,15?,21?/m1/s1. The number of rotatable bonds is 5. The molecule has 1 aromatic heterocycles. The van der Waals surface area contributed by atoms with Crippen LogP contribution >= 0.6 is 0 Å². The fourth-order valence-corrected chi connectivity index (χ4v) is 5.26. The minimum Gasteiger partial charge on any atom is -0.395 e. The smallest absolute Gasteiger partial charge is 0.253 e. The third-order valence-corrected chi connectivity index (χ3v) is 6.72. The highest BCUT2D eigenvalue weighted by Gasteiger charge is 2.44. The monoisotopic (exact) mass is 358 g/mol. The van der Waals surface area contributed by atoms with Crippen LogP contribution in [0.15, 0.2) is 24.4 Å². The van der Waals surface area contributed by atoms with Crippen LogP contribution in [0.4, 0.5) is 4.39 Å². The summed E-state index contributed by atoms with van der Waals surface area (Å²) >= 11 is 0. The molecule has 3 aliphatic rings. The van der Waals surface area contributed by atoms with Crippen molar-refractivity contribution >= 4 is 16.8 Å². The van der Waals surface area contributed by atoms with Gasteiger partial charge in [0.15, 0.2) is 0 Å². The molecule has 0 unspecified atom stereocenters. The van der Waals surface area contributed by atoms with Crippen molar-refractivity contribution in [1.29, 1.82) is 0 Å². The van der Waals surface area contributed by atoms with Crippen LogP contribution in [0.1, 0.15) is 49.4 Å². The second kappa shape index (κ2) is 6.69. The van der Waals surface area contributed by atoms with Crippen molar-refractivity contribution in [2.24, 2.45) is 17.3 Å². The molecule has 2 N–H and O–H groups in total. The first-order valence-corrected chi connectivity index (χ1v) is 9.69. The fraction of sp³-hybridized carbons (Fsp3) is 0.571. The van der Waals surface area contributed by atoms with Gasteiger partial charge in [-0.3, -0.25) is 4.79 Å². The Morgan fingerprint density at radius 1 is 1.38 bits per heavy atom. The van der Waals surface area contributed by atoms with Crippen LogP contribution in [0, 0.1) is 23.1 Å². The highest BCUT2D eigenvalue weighted by atomic mass is 19.1. The van der Waals surface area contributed by atoms with Crippen LogP contribution in [0.5, 0.6) is 0 Å². The number of hydrogen-bond donors (Lipinski definition) is 2. The average molecular weight is 358 g/mol. The molecule has 0 spiro atoms. The molecule has 2 aromatic rings. The van der Waals surface area contributed by atoms with Gasteiger partial charge in [0, 0.05) is 24.7 Å². The minimum absolute atomic E-state index is 0.0521. The van der Waals surface area contributed by atoms with E-state index in [1.54, 1.807) is 22.9 Å². The lowest BCUT2D eigenvalue weighted by Crippen LogP contribution is -2.46. The zero-order chi connectivity index (χ0) is 18.3. The van der Waals surface area contributed by atoms with E-state index in [2.05, 4.69) is 12.2 Å². The summed E-state index contributed by atoms with van der Waals surface area (Å²) in [5.74, 6) is 0.984. The van der Waals surface area contributed by atoms with Crippen molar-refractivity contribution in [2.75, 3.05) is 13.2 Å². The second-order valence-electron chi connectivity index (χ2n) is 8.30. The van der Waals surface area contributed by atoms with Crippen molar-refractivity contribution in [3.05, 3.63) is 35.8 Å². The highest BCUT2D eigenvalue weighted by molar-refractivity contribution is 6.07. The third kappa shape index (κ3) is 2.92. The summed E-state index contributed by atoms with van der Waals surface area (Å²) in [6.45, 7) is 3.29. The zero-order valence-electron chi connectivity index (χ0n) is 15.3. The van der Waals surface area contributed by atoms with Gasteiger partial charge < -0.3 is 15.0 Å². The molecule has 0 aliphatic heterocycles. The molecule has 2 bridgehead atoms. The normalized spacial score (nSPS) is 27.8. The van der Waals surface area contributed by atoms with Crippen LogP contribution < -0.4 is 5.32 Å². The summed E-state index contributed by atoms with van der Waals surface area (Å²) in [6, 6.07) is 4.80. The lowest BCUT2D eigenvalue weighted by molar-refractivity contribution is 0.0194. The number of hydrogen-bond acceptors (Lipinski definition) is 2. The Bertz CT molecular complexity index is 821. The Labute approximate surface area is 153 Å². The summed E-state index contributed by atoms with van der Waals surface area (Å²) in [5, 5.41) is 12.7. The van der Waals surface area contributed by atoms with Gasteiger partial charge in [-0.25, -0.2) is 4.39 Å². The van der Waals surface area contributed by atoms with Gasteiger partial charge >= 0.3 is 0 Å². The number of aromatic nitrogens is 1. The number of amides is 1. The van der Waals surface area contributed by atoms with Crippen LogP contribution in [0.3, 0.4) is 0 Å². The molecule has 140 valence electrons. The van der Waals surface area contributed by atoms with Gasteiger partial charge in [0.1, 0.15) is 5.82 Å². The maximum atomic E-state index is 14.4. The predicted molar refractivity (Wildman–Crippen MR) is 99.5 cm³/mol. The Morgan fingerprint density at radius 3 is 2.85 bits per heavy atom. The molecule has 0 saturated heterocycles. The van der Waals surface area contributed by atoms with Crippen LogP contribution in [0.25, 0.3) is 10.9 Å². The zero-order valence-corrected chi connectivity index (χ0v) is 15.3. The third-order valence-electron chi connectivity index (χ3n) is 6.72. The number of fused-ring (bicyclic) bond motifs is 4.